The Kier molecular flexibility index (Phi) is 7.12. The minimum Gasteiger partial charge on any atom is -0.368 e. The quantitative estimate of drug-likeness (QED) is 0.809. The first-order valence-corrected chi connectivity index (χ1v) is 7.36. The molecule has 2 amide bonds. The second-order valence-corrected chi connectivity index (χ2v) is 5.85. The van der Waals surface area contributed by atoms with Crippen molar-refractivity contribution in [2.75, 3.05) is 26.7 Å². The SMILES string of the molecule is C[C@@H]1CCC[C@@H](OCC(=O)N(C)CC(=O)NCC(F)(F)F)C1. The summed E-state index contributed by atoms with van der Waals surface area (Å²) in [6, 6.07) is 0. The van der Waals surface area contributed by atoms with Crippen LogP contribution < -0.4 is 5.32 Å². The molecule has 1 aliphatic rings. The number of hydrogen-bond acceptors (Lipinski definition) is 3. The van der Waals surface area contributed by atoms with Crippen molar-refractivity contribution in [3.8, 4) is 0 Å². The third-order valence-electron chi connectivity index (χ3n) is 3.62. The summed E-state index contributed by atoms with van der Waals surface area (Å²) in [6.07, 6.45) is -0.377. The normalized spacial score (nSPS) is 22.2. The van der Waals surface area contributed by atoms with Crippen LogP contribution in [-0.4, -0.2) is 55.7 Å². The van der Waals surface area contributed by atoms with Crippen molar-refractivity contribution >= 4 is 11.8 Å². The molecule has 1 aliphatic carbocycles. The van der Waals surface area contributed by atoms with Gasteiger partial charge in [0.25, 0.3) is 0 Å². The molecule has 0 aromatic heterocycles. The monoisotopic (exact) mass is 324 g/mol. The van der Waals surface area contributed by atoms with Gasteiger partial charge in [0.2, 0.25) is 11.8 Å². The van der Waals surface area contributed by atoms with Crippen molar-refractivity contribution in [1.29, 1.82) is 0 Å². The van der Waals surface area contributed by atoms with Gasteiger partial charge in [-0.3, -0.25) is 9.59 Å². The van der Waals surface area contributed by atoms with E-state index in [-0.39, 0.29) is 12.7 Å². The van der Waals surface area contributed by atoms with Gasteiger partial charge in [-0.1, -0.05) is 19.8 Å². The maximum atomic E-state index is 12.0. The van der Waals surface area contributed by atoms with E-state index in [4.69, 9.17) is 4.74 Å². The lowest BCUT2D eigenvalue weighted by Gasteiger charge is -2.27. The second kappa shape index (κ2) is 8.36. The maximum Gasteiger partial charge on any atom is 0.405 e. The number of carbonyl (C=O) groups excluding carboxylic acids is 2. The summed E-state index contributed by atoms with van der Waals surface area (Å²) in [5.74, 6) is -0.695. The fourth-order valence-electron chi connectivity index (χ4n) is 2.39. The van der Waals surface area contributed by atoms with Gasteiger partial charge < -0.3 is 15.0 Å². The topological polar surface area (TPSA) is 58.6 Å². The number of likely N-dealkylation sites (N-methyl/N-ethyl adjacent to an activating group) is 1. The number of nitrogens with zero attached hydrogens (tertiary/aromatic N) is 1. The number of rotatable bonds is 6. The molecule has 0 bridgehead atoms. The Hall–Kier alpha value is -1.31. The smallest absolute Gasteiger partial charge is 0.368 e. The standard InChI is InChI=1S/C14H23F3N2O3/c1-10-4-3-5-11(6-10)22-8-13(21)19(2)7-12(20)18-9-14(15,16)17/h10-11H,3-9H2,1-2H3,(H,18,20)/t10-,11-/m1/s1. The second-order valence-electron chi connectivity index (χ2n) is 5.85. The molecule has 8 heteroatoms. The molecule has 2 atom stereocenters. The van der Waals surface area contributed by atoms with E-state index < -0.39 is 31.1 Å². The summed E-state index contributed by atoms with van der Waals surface area (Å²) in [5, 5.41) is 1.72. The summed E-state index contributed by atoms with van der Waals surface area (Å²) in [4.78, 5) is 24.2. The zero-order chi connectivity index (χ0) is 16.8. The molecular formula is C14H23F3N2O3. The number of halogens is 3. The highest BCUT2D eigenvalue weighted by Crippen LogP contribution is 2.25. The van der Waals surface area contributed by atoms with Crippen LogP contribution in [0.2, 0.25) is 0 Å². The zero-order valence-electron chi connectivity index (χ0n) is 12.9. The molecule has 0 aromatic rings. The molecule has 0 spiro atoms. The van der Waals surface area contributed by atoms with Gasteiger partial charge in [-0.25, -0.2) is 0 Å². The van der Waals surface area contributed by atoms with Crippen LogP contribution in [0.1, 0.15) is 32.6 Å². The molecule has 1 N–H and O–H groups in total. The fraction of sp³-hybridized carbons (Fsp3) is 0.857. The Labute approximate surface area is 128 Å². The summed E-state index contributed by atoms with van der Waals surface area (Å²) in [6.45, 7) is 0.165. The number of amides is 2. The van der Waals surface area contributed by atoms with Crippen LogP contribution in [0.15, 0.2) is 0 Å². The van der Waals surface area contributed by atoms with Gasteiger partial charge in [-0.2, -0.15) is 13.2 Å². The predicted molar refractivity (Wildman–Crippen MR) is 74.1 cm³/mol. The number of hydrogen-bond donors (Lipinski definition) is 1. The van der Waals surface area contributed by atoms with E-state index in [9.17, 15) is 22.8 Å². The van der Waals surface area contributed by atoms with E-state index in [1.807, 2.05) is 0 Å². The average molecular weight is 324 g/mol. The van der Waals surface area contributed by atoms with Gasteiger partial charge in [0.1, 0.15) is 13.2 Å². The van der Waals surface area contributed by atoms with Crippen molar-refractivity contribution in [2.45, 2.75) is 44.9 Å². The average Bonchev–Trinajstić information content (AvgIpc) is 2.42. The van der Waals surface area contributed by atoms with Crippen LogP contribution in [0.3, 0.4) is 0 Å². The molecule has 1 fully saturated rings. The molecule has 22 heavy (non-hydrogen) atoms. The first-order chi connectivity index (χ1) is 10.2. The van der Waals surface area contributed by atoms with Gasteiger partial charge in [-0.05, 0) is 18.8 Å². The van der Waals surface area contributed by atoms with Crippen LogP contribution in [0.4, 0.5) is 13.2 Å². The van der Waals surface area contributed by atoms with Crippen molar-refractivity contribution in [2.24, 2.45) is 5.92 Å². The van der Waals surface area contributed by atoms with E-state index in [0.717, 1.165) is 30.6 Å². The van der Waals surface area contributed by atoms with Crippen LogP contribution in [0.5, 0.6) is 0 Å². The first kappa shape index (κ1) is 18.7. The predicted octanol–water partition coefficient (Wildman–Crippen LogP) is 1.72. The fourth-order valence-corrected chi connectivity index (χ4v) is 2.39. The van der Waals surface area contributed by atoms with E-state index in [1.165, 1.54) is 7.05 Å². The largest absolute Gasteiger partial charge is 0.405 e. The third-order valence-corrected chi connectivity index (χ3v) is 3.62. The van der Waals surface area contributed by atoms with E-state index in [1.54, 1.807) is 5.32 Å². The van der Waals surface area contributed by atoms with Crippen molar-refractivity contribution < 1.29 is 27.5 Å². The molecule has 0 radical (unpaired) electrons. The lowest BCUT2D eigenvalue weighted by molar-refractivity contribution is -0.144. The lowest BCUT2D eigenvalue weighted by atomic mass is 9.89. The van der Waals surface area contributed by atoms with Gasteiger partial charge in [0, 0.05) is 7.05 Å². The van der Waals surface area contributed by atoms with Crippen LogP contribution in [-0.2, 0) is 14.3 Å². The molecule has 0 heterocycles. The van der Waals surface area contributed by atoms with Gasteiger partial charge in [0.15, 0.2) is 0 Å². The third kappa shape index (κ3) is 7.63. The molecule has 0 aromatic carbocycles. The molecule has 5 nitrogen and oxygen atoms in total. The van der Waals surface area contributed by atoms with Crippen molar-refractivity contribution in [3.05, 3.63) is 0 Å². The highest BCUT2D eigenvalue weighted by molar-refractivity contribution is 5.85. The number of nitrogens with one attached hydrogen (secondary N) is 1. The summed E-state index contributed by atoms with van der Waals surface area (Å²) in [5.41, 5.74) is 0. The summed E-state index contributed by atoms with van der Waals surface area (Å²) >= 11 is 0. The number of carbonyl (C=O) groups is 2. The highest BCUT2D eigenvalue weighted by Gasteiger charge is 2.28. The van der Waals surface area contributed by atoms with E-state index in [2.05, 4.69) is 6.92 Å². The maximum absolute atomic E-state index is 12.0. The summed E-state index contributed by atoms with van der Waals surface area (Å²) < 4.78 is 41.4. The van der Waals surface area contributed by atoms with Crippen LogP contribution >= 0.6 is 0 Å². The molecule has 0 aliphatic heterocycles. The summed E-state index contributed by atoms with van der Waals surface area (Å²) in [7, 11) is 1.36. The lowest BCUT2D eigenvalue weighted by Crippen LogP contribution is -2.43. The number of ether oxygens (including phenoxy) is 1. The zero-order valence-corrected chi connectivity index (χ0v) is 12.9. The molecule has 128 valence electrons. The minimum atomic E-state index is -4.46. The van der Waals surface area contributed by atoms with Crippen LogP contribution in [0.25, 0.3) is 0 Å². The molecule has 1 saturated carbocycles. The van der Waals surface area contributed by atoms with Gasteiger partial charge in [-0.15, -0.1) is 0 Å². The minimum absolute atomic E-state index is 0.0418. The first-order valence-electron chi connectivity index (χ1n) is 7.36. The van der Waals surface area contributed by atoms with Gasteiger partial charge in [0.05, 0.1) is 12.6 Å². The molecule has 1 rings (SSSR count). The van der Waals surface area contributed by atoms with Crippen LogP contribution in [0, 0.1) is 5.92 Å². The molecular weight excluding hydrogens is 301 g/mol. The highest BCUT2D eigenvalue weighted by atomic mass is 19.4. The molecule has 0 unspecified atom stereocenters. The Morgan fingerprint density at radius 2 is 2.00 bits per heavy atom. The van der Waals surface area contributed by atoms with E-state index >= 15 is 0 Å². The Morgan fingerprint density at radius 3 is 2.59 bits per heavy atom. The van der Waals surface area contributed by atoms with Gasteiger partial charge >= 0.3 is 6.18 Å². The molecule has 0 saturated heterocycles. The van der Waals surface area contributed by atoms with Crippen molar-refractivity contribution in [3.63, 3.8) is 0 Å². The Balaban J connectivity index is 2.25. The van der Waals surface area contributed by atoms with E-state index in [0.29, 0.717) is 5.92 Å². The van der Waals surface area contributed by atoms with Crippen molar-refractivity contribution in [1.82, 2.24) is 10.2 Å². The number of alkyl halides is 3. The Morgan fingerprint density at radius 1 is 1.32 bits per heavy atom. The Bertz CT molecular complexity index is 388.